The number of rotatable bonds is 5. The summed E-state index contributed by atoms with van der Waals surface area (Å²) in [4.78, 5) is 37.0. The number of fused-ring (bicyclic) bond motifs is 4. The number of halogens is 6. The minimum Gasteiger partial charge on any atom is -0.456 e. The van der Waals surface area contributed by atoms with E-state index in [0.717, 1.165) is 0 Å². The summed E-state index contributed by atoms with van der Waals surface area (Å²) in [6.45, 7) is 7.21. The molecular weight excluding hydrogens is 696 g/mol. The number of ether oxygens (including phenoxy) is 5. The molecule has 2 aliphatic carbocycles. The van der Waals surface area contributed by atoms with Crippen molar-refractivity contribution in [3.05, 3.63) is 11.3 Å². The zero-order valence-corrected chi connectivity index (χ0v) is 29.1. The molecule has 4 bridgehead atoms. The monoisotopic (exact) mass is 741 g/mol. The molecule has 51 heavy (non-hydrogen) atoms. The fourth-order valence-electron chi connectivity index (χ4n) is 10.8. The first-order chi connectivity index (χ1) is 23.8. The third-order valence-electron chi connectivity index (χ3n) is 13.4. The summed E-state index contributed by atoms with van der Waals surface area (Å²) < 4.78 is 118. The zero-order valence-electron chi connectivity index (χ0n) is 29.1. The van der Waals surface area contributed by atoms with Crippen LogP contribution in [-0.4, -0.2) is 72.6 Å². The lowest BCUT2D eigenvalue weighted by atomic mass is 9.57. The summed E-state index contributed by atoms with van der Waals surface area (Å²) >= 11 is 0. The molecule has 11 nitrogen and oxygen atoms in total. The number of amides is 1. The third-order valence-corrected chi connectivity index (χ3v) is 13.4. The molecule has 1 amide bonds. The van der Waals surface area contributed by atoms with Crippen molar-refractivity contribution in [1.82, 2.24) is 5.32 Å². The van der Waals surface area contributed by atoms with Crippen LogP contribution in [0.25, 0.3) is 0 Å². The van der Waals surface area contributed by atoms with Crippen molar-refractivity contribution in [1.29, 1.82) is 0 Å². The predicted octanol–water partition coefficient (Wildman–Crippen LogP) is 6.32. The standard InChI is InChI=1S/C34H45F6NO10/c1-16-6-8-21-18(3)32(34(38,39)40,47-27-30(21)19(16)10-13-29(5,46-27)49-50-30)43-15-14-41-25(42)23-22-9-7-17(2)20-11-12-28(4)45-26(31(20,22)51-48-28)44-24(23)33(35,36)37/h16-22,26-27H,6-15H2,1-5H3,(H,41,42)/t16-,17-,18-,19?,20?,21+,22+,26-,27+,28+,29+,30?,31?,32-/m1/s1. The van der Waals surface area contributed by atoms with Gasteiger partial charge >= 0.3 is 12.4 Å². The topological polar surface area (TPSA) is 112 Å². The lowest BCUT2D eigenvalue weighted by Crippen LogP contribution is -2.76. The van der Waals surface area contributed by atoms with Gasteiger partial charge in [0, 0.05) is 43.1 Å². The van der Waals surface area contributed by atoms with Crippen molar-refractivity contribution >= 4 is 5.91 Å². The fraction of sp³-hybridized carbons (Fsp3) is 0.912. The molecule has 0 aromatic heterocycles. The van der Waals surface area contributed by atoms with Crippen molar-refractivity contribution in [3.8, 4) is 0 Å². The highest BCUT2D eigenvalue weighted by atomic mass is 19.4. The Bertz CT molecular complexity index is 1460. The lowest BCUT2D eigenvalue weighted by Gasteiger charge is -2.62. The molecule has 2 saturated carbocycles. The number of carbonyl (C=O) groups is 1. The van der Waals surface area contributed by atoms with Gasteiger partial charge in [-0.1, -0.05) is 20.8 Å². The number of nitrogens with one attached hydrogen (secondary N) is 1. The summed E-state index contributed by atoms with van der Waals surface area (Å²) in [5, 5.41) is 2.37. The minimum absolute atomic E-state index is 0.00445. The first-order valence-electron chi connectivity index (χ1n) is 18.0. The Hall–Kier alpha value is -1.73. The molecule has 1 N–H and O–H groups in total. The van der Waals surface area contributed by atoms with Gasteiger partial charge in [0.25, 0.3) is 11.7 Å². The smallest absolute Gasteiger partial charge is 0.449 e. The number of hydrogen-bond donors (Lipinski definition) is 1. The van der Waals surface area contributed by atoms with Gasteiger partial charge in [0.15, 0.2) is 17.5 Å². The van der Waals surface area contributed by atoms with E-state index in [-0.39, 0.29) is 30.1 Å². The normalized spacial score (nSPS) is 50.5. The van der Waals surface area contributed by atoms with Crippen LogP contribution in [0.15, 0.2) is 11.3 Å². The van der Waals surface area contributed by atoms with Crippen LogP contribution in [0.2, 0.25) is 0 Å². The van der Waals surface area contributed by atoms with Gasteiger partial charge in [-0.15, -0.1) is 0 Å². The van der Waals surface area contributed by atoms with Gasteiger partial charge in [0.05, 0.1) is 12.2 Å². The molecule has 288 valence electrons. The molecule has 10 aliphatic rings. The van der Waals surface area contributed by atoms with Gasteiger partial charge in [-0.05, 0) is 70.1 Å². The Labute approximate surface area is 291 Å². The van der Waals surface area contributed by atoms with Gasteiger partial charge in [0.1, 0.15) is 0 Å². The molecule has 0 aromatic rings. The van der Waals surface area contributed by atoms with E-state index in [0.29, 0.717) is 44.9 Å². The summed E-state index contributed by atoms with van der Waals surface area (Å²) in [6.07, 6.45) is -9.63. The fourth-order valence-corrected chi connectivity index (χ4v) is 10.8. The van der Waals surface area contributed by atoms with E-state index in [2.05, 4.69) is 5.32 Å². The second-order valence-corrected chi connectivity index (χ2v) is 16.3. The van der Waals surface area contributed by atoms with Crippen LogP contribution < -0.4 is 5.32 Å². The van der Waals surface area contributed by atoms with Gasteiger partial charge in [-0.25, -0.2) is 19.6 Å². The Morgan fingerprint density at radius 2 is 1.35 bits per heavy atom. The maximum Gasteiger partial charge on any atom is 0.449 e. The molecule has 14 atom stereocenters. The molecule has 2 spiro atoms. The Morgan fingerprint density at radius 3 is 1.98 bits per heavy atom. The van der Waals surface area contributed by atoms with E-state index in [1.54, 1.807) is 13.8 Å². The molecule has 8 aliphatic heterocycles. The number of allylic oxidation sites excluding steroid dienone is 1. The predicted molar refractivity (Wildman–Crippen MR) is 158 cm³/mol. The van der Waals surface area contributed by atoms with E-state index >= 15 is 13.2 Å². The molecule has 4 unspecified atom stereocenters. The van der Waals surface area contributed by atoms with E-state index in [1.807, 2.05) is 13.8 Å². The Kier molecular flexibility index (Phi) is 8.27. The molecule has 17 heteroatoms. The minimum atomic E-state index is -5.09. The summed E-state index contributed by atoms with van der Waals surface area (Å²) in [6, 6.07) is 0. The highest BCUT2D eigenvalue weighted by molar-refractivity contribution is 5.95. The van der Waals surface area contributed by atoms with Crippen molar-refractivity contribution in [2.45, 2.75) is 139 Å². The van der Waals surface area contributed by atoms with Crippen LogP contribution in [0.3, 0.4) is 0 Å². The Balaban J connectivity index is 1.05. The largest absolute Gasteiger partial charge is 0.456 e. The van der Waals surface area contributed by atoms with Gasteiger partial charge < -0.3 is 29.0 Å². The van der Waals surface area contributed by atoms with E-state index in [4.69, 9.17) is 43.2 Å². The first kappa shape index (κ1) is 36.3. The van der Waals surface area contributed by atoms with Gasteiger partial charge in [0.2, 0.25) is 23.6 Å². The van der Waals surface area contributed by atoms with E-state index in [9.17, 15) is 18.0 Å². The summed E-state index contributed by atoms with van der Waals surface area (Å²) in [7, 11) is 0. The second-order valence-electron chi connectivity index (χ2n) is 16.3. The van der Waals surface area contributed by atoms with Crippen LogP contribution in [0.1, 0.15) is 86.0 Å². The Morgan fingerprint density at radius 1 is 0.765 bits per heavy atom. The average molecular weight is 742 g/mol. The van der Waals surface area contributed by atoms with E-state index < -0.39 is 102 Å². The number of carbonyl (C=O) groups excluding carboxylic acids is 1. The van der Waals surface area contributed by atoms with Gasteiger partial charge in [-0.3, -0.25) is 4.79 Å². The van der Waals surface area contributed by atoms with E-state index in [1.165, 1.54) is 6.92 Å². The van der Waals surface area contributed by atoms with Crippen molar-refractivity contribution in [2.75, 3.05) is 13.2 Å². The van der Waals surface area contributed by atoms with Crippen LogP contribution >= 0.6 is 0 Å². The molecular formula is C34H45F6NO10. The van der Waals surface area contributed by atoms with Crippen LogP contribution in [0, 0.1) is 41.4 Å². The van der Waals surface area contributed by atoms with Crippen LogP contribution in [-0.2, 0) is 48.0 Å². The van der Waals surface area contributed by atoms with Crippen LogP contribution in [0.5, 0.6) is 0 Å². The lowest BCUT2D eigenvalue weighted by molar-refractivity contribution is -0.598. The second kappa shape index (κ2) is 11.6. The molecule has 0 aromatic carbocycles. The maximum atomic E-state index is 15.2. The highest BCUT2D eigenvalue weighted by Crippen LogP contribution is 2.65. The maximum absolute atomic E-state index is 15.2. The number of alkyl halides is 6. The third kappa shape index (κ3) is 5.11. The first-order valence-corrected chi connectivity index (χ1v) is 18.0. The highest BCUT2D eigenvalue weighted by Gasteiger charge is 2.77. The zero-order chi connectivity index (χ0) is 36.6. The van der Waals surface area contributed by atoms with Crippen molar-refractivity contribution < 1.29 is 74.4 Å². The molecule has 9 fully saturated rings. The molecule has 8 heterocycles. The molecule has 0 radical (unpaired) electrons. The molecule has 7 saturated heterocycles. The number of hydrogen-bond acceptors (Lipinski definition) is 10. The quantitative estimate of drug-likeness (QED) is 0.195. The van der Waals surface area contributed by atoms with Crippen molar-refractivity contribution in [2.24, 2.45) is 41.4 Å². The van der Waals surface area contributed by atoms with Crippen LogP contribution in [0.4, 0.5) is 26.3 Å². The SMILES string of the molecule is C[C@@H]1CC[C@H]2C(C(=O)NCCO[C@@]3(C(F)(F)F)O[C@@H]4O[C@]5(C)CCC6[C@H](C)CC[C@@H]([C@H]3C)C64OO5)=C(C(F)(F)F)O[C@@H]3O[C@]4(C)CCC1C32OO4. The molecule has 10 rings (SSSR count). The summed E-state index contributed by atoms with van der Waals surface area (Å²) in [5.74, 6) is -12.1. The van der Waals surface area contributed by atoms with Crippen molar-refractivity contribution in [3.63, 3.8) is 0 Å². The van der Waals surface area contributed by atoms with Gasteiger partial charge in [-0.2, -0.15) is 26.3 Å². The summed E-state index contributed by atoms with van der Waals surface area (Å²) in [5.41, 5.74) is -3.54. The average Bonchev–Trinajstić information content (AvgIpc) is 3.42.